The largest absolute Gasteiger partial charge is 0.341 e. The fraction of sp³-hybridized carbons (Fsp3) is 0.533. The zero-order valence-corrected chi connectivity index (χ0v) is 13.3. The summed E-state index contributed by atoms with van der Waals surface area (Å²) in [6, 6.07) is 6.24. The first-order valence-corrected chi connectivity index (χ1v) is 9.03. The highest BCUT2D eigenvalue weighted by Gasteiger charge is 2.20. The SMILES string of the molecule is CN(CC1CCNCC1)C(=O)c1cccc(S(C)(=O)=O)c1. The fourth-order valence-electron chi connectivity index (χ4n) is 2.61. The Morgan fingerprint density at radius 2 is 2.00 bits per heavy atom. The Morgan fingerprint density at radius 1 is 1.33 bits per heavy atom. The minimum atomic E-state index is -3.29. The molecule has 1 saturated heterocycles. The summed E-state index contributed by atoms with van der Waals surface area (Å²) >= 11 is 0. The quantitative estimate of drug-likeness (QED) is 0.906. The third-order valence-corrected chi connectivity index (χ3v) is 4.96. The second-order valence-electron chi connectivity index (χ2n) is 5.68. The molecule has 0 atom stereocenters. The van der Waals surface area contributed by atoms with Crippen LogP contribution in [0.3, 0.4) is 0 Å². The van der Waals surface area contributed by atoms with Crippen molar-refractivity contribution < 1.29 is 13.2 Å². The summed E-state index contributed by atoms with van der Waals surface area (Å²) < 4.78 is 23.1. The molecule has 1 aliphatic rings. The molecule has 1 amide bonds. The summed E-state index contributed by atoms with van der Waals surface area (Å²) in [5.41, 5.74) is 0.425. The molecule has 0 unspecified atom stereocenters. The predicted octanol–water partition coefficient (Wildman–Crippen LogP) is 1.16. The molecule has 0 aromatic heterocycles. The van der Waals surface area contributed by atoms with Gasteiger partial charge in [0.1, 0.15) is 0 Å². The number of nitrogens with one attached hydrogen (secondary N) is 1. The smallest absolute Gasteiger partial charge is 0.253 e. The van der Waals surface area contributed by atoms with Crippen molar-refractivity contribution in [2.75, 3.05) is 32.9 Å². The van der Waals surface area contributed by atoms with Crippen LogP contribution in [-0.2, 0) is 9.84 Å². The number of sulfone groups is 1. The highest BCUT2D eigenvalue weighted by Crippen LogP contribution is 2.16. The van der Waals surface area contributed by atoms with Crippen molar-refractivity contribution in [3.05, 3.63) is 29.8 Å². The Bertz CT molecular complexity index is 607. The lowest BCUT2D eigenvalue weighted by Gasteiger charge is -2.27. The molecular weight excluding hydrogens is 288 g/mol. The molecule has 0 radical (unpaired) electrons. The van der Waals surface area contributed by atoms with E-state index in [0.29, 0.717) is 18.0 Å². The van der Waals surface area contributed by atoms with Crippen LogP contribution in [0.1, 0.15) is 23.2 Å². The number of carbonyl (C=O) groups excluding carboxylic acids is 1. The third kappa shape index (κ3) is 4.28. The second-order valence-corrected chi connectivity index (χ2v) is 7.69. The third-order valence-electron chi connectivity index (χ3n) is 3.85. The number of nitrogens with zero attached hydrogens (tertiary/aromatic N) is 1. The second kappa shape index (κ2) is 6.58. The summed E-state index contributed by atoms with van der Waals surface area (Å²) in [5, 5.41) is 3.30. The molecule has 5 nitrogen and oxygen atoms in total. The van der Waals surface area contributed by atoms with Crippen molar-refractivity contribution in [2.45, 2.75) is 17.7 Å². The molecular formula is C15H22N2O3S. The van der Waals surface area contributed by atoms with E-state index in [-0.39, 0.29) is 10.8 Å². The predicted molar refractivity (Wildman–Crippen MR) is 82.1 cm³/mol. The topological polar surface area (TPSA) is 66.5 Å². The van der Waals surface area contributed by atoms with Gasteiger partial charge in [-0.15, -0.1) is 0 Å². The van der Waals surface area contributed by atoms with Crippen molar-refractivity contribution >= 4 is 15.7 Å². The van der Waals surface area contributed by atoms with Gasteiger partial charge in [0.15, 0.2) is 9.84 Å². The summed E-state index contributed by atoms with van der Waals surface area (Å²) in [6.45, 7) is 2.70. The Hall–Kier alpha value is -1.40. The Labute approximate surface area is 126 Å². The Kier molecular flexibility index (Phi) is 5.00. The van der Waals surface area contributed by atoms with E-state index in [0.717, 1.165) is 32.2 Å². The number of hydrogen-bond acceptors (Lipinski definition) is 4. The number of rotatable bonds is 4. The lowest BCUT2D eigenvalue weighted by atomic mass is 9.97. The average molecular weight is 310 g/mol. The van der Waals surface area contributed by atoms with Crippen molar-refractivity contribution in [1.29, 1.82) is 0 Å². The Balaban J connectivity index is 2.08. The van der Waals surface area contributed by atoms with Gasteiger partial charge in [0.25, 0.3) is 5.91 Å². The van der Waals surface area contributed by atoms with E-state index < -0.39 is 9.84 Å². The van der Waals surface area contributed by atoms with Crippen LogP contribution in [0.15, 0.2) is 29.2 Å². The van der Waals surface area contributed by atoms with Gasteiger partial charge in [-0.1, -0.05) is 6.07 Å². The molecule has 1 aromatic rings. The normalized spacial score (nSPS) is 16.7. The monoisotopic (exact) mass is 310 g/mol. The number of piperidine rings is 1. The molecule has 0 saturated carbocycles. The van der Waals surface area contributed by atoms with Gasteiger partial charge in [0.05, 0.1) is 4.90 Å². The van der Waals surface area contributed by atoms with Crippen LogP contribution in [0, 0.1) is 5.92 Å². The lowest BCUT2D eigenvalue weighted by Crippen LogP contribution is -2.37. The van der Waals surface area contributed by atoms with Crippen molar-refractivity contribution in [3.63, 3.8) is 0 Å². The standard InChI is InChI=1S/C15H22N2O3S/c1-17(11-12-6-8-16-9-7-12)15(18)13-4-3-5-14(10-13)21(2,19)20/h3-5,10,12,16H,6-9,11H2,1-2H3. The van der Waals surface area contributed by atoms with Gasteiger partial charge < -0.3 is 10.2 Å². The molecule has 0 bridgehead atoms. The van der Waals surface area contributed by atoms with Crippen LogP contribution >= 0.6 is 0 Å². The zero-order chi connectivity index (χ0) is 15.5. The van der Waals surface area contributed by atoms with Gasteiger partial charge in [-0.3, -0.25) is 4.79 Å². The van der Waals surface area contributed by atoms with Crippen LogP contribution < -0.4 is 5.32 Å². The van der Waals surface area contributed by atoms with Crippen LogP contribution in [0.4, 0.5) is 0 Å². The number of carbonyl (C=O) groups is 1. The summed E-state index contributed by atoms with van der Waals surface area (Å²) in [6.07, 6.45) is 3.29. The minimum absolute atomic E-state index is 0.126. The number of benzene rings is 1. The Morgan fingerprint density at radius 3 is 2.62 bits per heavy atom. The van der Waals surface area contributed by atoms with Gasteiger partial charge in [-0.05, 0) is 50.0 Å². The van der Waals surface area contributed by atoms with Crippen molar-refractivity contribution in [2.24, 2.45) is 5.92 Å². The highest BCUT2D eigenvalue weighted by molar-refractivity contribution is 7.90. The van der Waals surface area contributed by atoms with Gasteiger partial charge in [-0.2, -0.15) is 0 Å². The molecule has 21 heavy (non-hydrogen) atoms. The maximum Gasteiger partial charge on any atom is 0.253 e. The average Bonchev–Trinajstić information content (AvgIpc) is 2.46. The van der Waals surface area contributed by atoms with Gasteiger partial charge >= 0.3 is 0 Å². The maximum atomic E-state index is 12.4. The summed E-state index contributed by atoms with van der Waals surface area (Å²) in [7, 11) is -1.52. The number of hydrogen-bond donors (Lipinski definition) is 1. The van der Waals surface area contributed by atoms with E-state index in [2.05, 4.69) is 5.32 Å². The lowest BCUT2D eigenvalue weighted by molar-refractivity contribution is 0.0762. The summed E-state index contributed by atoms with van der Waals surface area (Å²) in [5.74, 6) is 0.386. The van der Waals surface area contributed by atoms with Gasteiger partial charge in [0, 0.05) is 25.4 Å². The molecule has 1 heterocycles. The first-order valence-electron chi connectivity index (χ1n) is 7.14. The molecule has 0 spiro atoms. The van der Waals surface area contributed by atoms with Crippen molar-refractivity contribution in [3.8, 4) is 0 Å². The highest BCUT2D eigenvalue weighted by atomic mass is 32.2. The van der Waals surface area contributed by atoms with Crippen LogP contribution in [0.5, 0.6) is 0 Å². The van der Waals surface area contributed by atoms with Crippen LogP contribution in [0.25, 0.3) is 0 Å². The zero-order valence-electron chi connectivity index (χ0n) is 12.5. The van der Waals surface area contributed by atoms with Crippen LogP contribution in [-0.4, -0.2) is 52.2 Å². The maximum absolute atomic E-state index is 12.4. The molecule has 1 fully saturated rings. The van der Waals surface area contributed by atoms with E-state index in [1.807, 2.05) is 0 Å². The fourth-order valence-corrected chi connectivity index (χ4v) is 3.28. The van der Waals surface area contributed by atoms with E-state index in [1.54, 1.807) is 24.1 Å². The van der Waals surface area contributed by atoms with E-state index >= 15 is 0 Å². The van der Waals surface area contributed by atoms with E-state index in [4.69, 9.17) is 0 Å². The van der Waals surface area contributed by atoms with Gasteiger partial charge in [-0.25, -0.2) is 8.42 Å². The van der Waals surface area contributed by atoms with E-state index in [9.17, 15) is 13.2 Å². The molecule has 116 valence electrons. The van der Waals surface area contributed by atoms with E-state index in [1.165, 1.54) is 12.1 Å². The molecule has 2 rings (SSSR count). The molecule has 1 N–H and O–H groups in total. The summed E-state index contributed by atoms with van der Waals surface area (Å²) in [4.78, 5) is 14.3. The van der Waals surface area contributed by atoms with Crippen LogP contribution in [0.2, 0.25) is 0 Å². The first-order chi connectivity index (χ1) is 9.88. The molecule has 6 heteroatoms. The number of amides is 1. The first kappa shape index (κ1) is 16.0. The van der Waals surface area contributed by atoms with Gasteiger partial charge in [0.2, 0.25) is 0 Å². The minimum Gasteiger partial charge on any atom is -0.341 e. The van der Waals surface area contributed by atoms with Crippen molar-refractivity contribution in [1.82, 2.24) is 10.2 Å². The molecule has 0 aliphatic carbocycles. The molecule has 1 aliphatic heterocycles. The molecule has 1 aromatic carbocycles.